The number of pyridine rings is 1. The molecule has 1 aromatic carbocycles. The second kappa shape index (κ2) is 6.01. The van der Waals surface area contributed by atoms with E-state index in [2.05, 4.69) is 50.9 Å². The van der Waals surface area contributed by atoms with Crippen LogP contribution in [0.1, 0.15) is 18.5 Å². The maximum absolute atomic E-state index is 5.39. The van der Waals surface area contributed by atoms with E-state index in [1.807, 2.05) is 18.2 Å². The van der Waals surface area contributed by atoms with Gasteiger partial charge >= 0.3 is 0 Å². The number of rotatable bonds is 4. The van der Waals surface area contributed by atoms with Gasteiger partial charge < -0.3 is 0 Å². The van der Waals surface area contributed by atoms with Gasteiger partial charge in [-0.25, -0.2) is 0 Å². The smallest absolute Gasteiger partial charge is 0.195 e. The molecule has 2 aromatic heterocycles. The van der Waals surface area contributed by atoms with Crippen LogP contribution in [0.15, 0.2) is 54.9 Å². The van der Waals surface area contributed by atoms with Crippen molar-refractivity contribution in [1.29, 1.82) is 0 Å². The highest BCUT2D eigenvalue weighted by atomic mass is 32.1. The first kappa shape index (κ1) is 13.7. The van der Waals surface area contributed by atoms with Gasteiger partial charge in [0.2, 0.25) is 0 Å². The first-order valence-corrected chi connectivity index (χ1v) is 7.28. The zero-order chi connectivity index (χ0) is 14.7. The van der Waals surface area contributed by atoms with E-state index in [0.29, 0.717) is 4.77 Å². The molecule has 3 aromatic rings. The van der Waals surface area contributed by atoms with E-state index in [1.165, 1.54) is 5.56 Å². The molecule has 0 radical (unpaired) electrons. The van der Waals surface area contributed by atoms with Crippen LogP contribution >= 0.6 is 12.2 Å². The summed E-state index contributed by atoms with van der Waals surface area (Å²) in [5.41, 5.74) is 2.30. The van der Waals surface area contributed by atoms with Gasteiger partial charge in [-0.1, -0.05) is 30.3 Å². The molecule has 0 aliphatic heterocycles. The largest absolute Gasteiger partial charge is 0.297 e. The van der Waals surface area contributed by atoms with Crippen LogP contribution < -0.4 is 0 Å². The molecule has 4 nitrogen and oxygen atoms in total. The van der Waals surface area contributed by atoms with Crippen molar-refractivity contribution in [2.45, 2.75) is 19.4 Å². The monoisotopic (exact) mass is 296 g/mol. The van der Waals surface area contributed by atoms with Crippen molar-refractivity contribution >= 4 is 12.2 Å². The van der Waals surface area contributed by atoms with Gasteiger partial charge in [-0.15, -0.1) is 0 Å². The minimum absolute atomic E-state index is 0.224. The molecule has 5 heteroatoms. The molecule has 1 N–H and O–H groups in total. The average Bonchev–Trinajstić information content (AvgIpc) is 2.91. The van der Waals surface area contributed by atoms with Gasteiger partial charge in [-0.3, -0.25) is 14.6 Å². The van der Waals surface area contributed by atoms with Crippen molar-refractivity contribution in [3.05, 3.63) is 65.2 Å². The number of aromatic nitrogens is 4. The van der Waals surface area contributed by atoms with Crippen LogP contribution in [0.3, 0.4) is 0 Å². The summed E-state index contributed by atoms with van der Waals surface area (Å²) in [4.78, 5) is 4.05. The van der Waals surface area contributed by atoms with E-state index in [4.69, 9.17) is 12.2 Å². The number of H-pyrrole nitrogens is 1. The Hall–Kier alpha value is -2.27. The molecular formula is C16H16N4S. The molecule has 0 saturated carbocycles. The molecule has 0 aliphatic rings. The van der Waals surface area contributed by atoms with Crippen LogP contribution in [-0.4, -0.2) is 19.7 Å². The van der Waals surface area contributed by atoms with Crippen molar-refractivity contribution < 1.29 is 0 Å². The summed E-state index contributed by atoms with van der Waals surface area (Å²) >= 11 is 5.39. The lowest BCUT2D eigenvalue weighted by Gasteiger charge is -2.15. The number of nitrogens with one attached hydrogen (secondary N) is 1. The Balaban J connectivity index is 1.95. The molecule has 106 valence electrons. The van der Waals surface area contributed by atoms with Gasteiger partial charge in [0, 0.05) is 24.0 Å². The highest BCUT2D eigenvalue weighted by Gasteiger charge is 2.14. The second-order valence-corrected chi connectivity index (χ2v) is 5.38. The van der Waals surface area contributed by atoms with E-state index in [1.54, 1.807) is 12.4 Å². The van der Waals surface area contributed by atoms with Crippen LogP contribution in [0.5, 0.6) is 0 Å². The predicted octanol–water partition coefficient (Wildman–Crippen LogP) is 3.81. The average molecular weight is 296 g/mol. The van der Waals surface area contributed by atoms with Crippen molar-refractivity contribution in [2.75, 3.05) is 0 Å². The van der Waals surface area contributed by atoms with E-state index in [0.717, 1.165) is 17.8 Å². The third kappa shape index (κ3) is 2.92. The molecule has 1 atom stereocenters. The Morgan fingerprint density at radius 3 is 2.57 bits per heavy atom. The van der Waals surface area contributed by atoms with Crippen LogP contribution in [0.25, 0.3) is 11.4 Å². The predicted molar refractivity (Wildman–Crippen MR) is 85.5 cm³/mol. The highest BCUT2D eigenvalue weighted by molar-refractivity contribution is 7.71. The summed E-state index contributed by atoms with van der Waals surface area (Å²) in [5.74, 6) is 0.853. The van der Waals surface area contributed by atoms with Crippen LogP contribution in [-0.2, 0) is 6.42 Å². The lowest BCUT2D eigenvalue weighted by molar-refractivity contribution is 0.542. The normalized spacial score (nSPS) is 12.2. The lowest BCUT2D eigenvalue weighted by Crippen LogP contribution is -2.10. The van der Waals surface area contributed by atoms with Crippen molar-refractivity contribution in [3.63, 3.8) is 0 Å². The van der Waals surface area contributed by atoms with E-state index >= 15 is 0 Å². The van der Waals surface area contributed by atoms with Gasteiger partial charge in [0.15, 0.2) is 10.6 Å². The van der Waals surface area contributed by atoms with E-state index in [9.17, 15) is 0 Å². The molecule has 3 rings (SSSR count). The summed E-state index contributed by atoms with van der Waals surface area (Å²) in [6.07, 6.45) is 4.44. The molecule has 1 unspecified atom stereocenters. The third-order valence-corrected chi connectivity index (χ3v) is 3.75. The molecule has 0 saturated heterocycles. The molecular weight excluding hydrogens is 280 g/mol. The number of nitrogens with zero attached hydrogens (tertiary/aromatic N) is 3. The summed E-state index contributed by atoms with van der Waals surface area (Å²) in [7, 11) is 0. The number of hydrogen-bond donors (Lipinski definition) is 1. The van der Waals surface area contributed by atoms with Gasteiger partial charge in [0.1, 0.15) is 0 Å². The third-order valence-electron chi connectivity index (χ3n) is 3.46. The fourth-order valence-electron chi connectivity index (χ4n) is 2.46. The van der Waals surface area contributed by atoms with Crippen LogP contribution in [0.4, 0.5) is 0 Å². The Bertz CT molecular complexity index is 762. The van der Waals surface area contributed by atoms with Gasteiger partial charge in [-0.2, -0.15) is 5.10 Å². The number of benzene rings is 1. The second-order valence-electron chi connectivity index (χ2n) is 5.00. The van der Waals surface area contributed by atoms with Crippen LogP contribution in [0, 0.1) is 4.77 Å². The van der Waals surface area contributed by atoms with E-state index in [-0.39, 0.29) is 6.04 Å². The maximum Gasteiger partial charge on any atom is 0.195 e. The zero-order valence-corrected chi connectivity index (χ0v) is 12.5. The van der Waals surface area contributed by atoms with Crippen LogP contribution in [0.2, 0.25) is 0 Å². The number of hydrogen-bond acceptors (Lipinski definition) is 3. The van der Waals surface area contributed by atoms with Gasteiger partial charge in [0.05, 0.1) is 0 Å². The molecule has 21 heavy (non-hydrogen) atoms. The fourth-order valence-corrected chi connectivity index (χ4v) is 2.78. The molecule has 0 bridgehead atoms. The highest BCUT2D eigenvalue weighted by Crippen LogP contribution is 2.22. The summed E-state index contributed by atoms with van der Waals surface area (Å²) in [6, 6.07) is 14.5. The first-order chi connectivity index (χ1) is 10.3. The van der Waals surface area contributed by atoms with Crippen molar-refractivity contribution in [3.8, 4) is 11.4 Å². The summed E-state index contributed by atoms with van der Waals surface area (Å²) in [6.45, 7) is 2.16. The van der Waals surface area contributed by atoms with Gasteiger partial charge in [-0.05, 0) is 43.3 Å². The van der Waals surface area contributed by atoms with Crippen molar-refractivity contribution in [1.82, 2.24) is 19.7 Å². The zero-order valence-electron chi connectivity index (χ0n) is 11.7. The molecule has 0 amide bonds. The summed E-state index contributed by atoms with van der Waals surface area (Å²) < 4.78 is 2.71. The van der Waals surface area contributed by atoms with Crippen molar-refractivity contribution in [2.24, 2.45) is 0 Å². The number of aromatic amines is 1. The lowest BCUT2D eigenvalue weighted by atomic mass is 10.1. The minimum Gasteiger partial charge on any atom is -0.297 e. The quantitative estimate of drug-likeness (QED) is 0.745. The Morgan fingerprint density at radius 2 is 1.86 bits per heavy atom. The maximum atomic E-state index is 5.39. The molecule has 0 aliphatic carbocycles. The summed E-state index contributed by atoms with van der Waals surface area (Å²) in [5, 5.41) is 7.26. The minimum atomic E-state index is 0.224. The Kier molecular flexibility index (Phi) is 3.92. The Morgan fingerprint density at radius 1 is 1.14 bits per heavy atom. The molecule has 0 spiro atoms. The molecule has 2 heterocycles. The first-order valence-electron chi connectivity index (χ1n) is 6.87. The topological polar surface area (TPSA) is 46.5 Å². The fraction of sp³-hybridized carbons (Fsp3) is 0.188. The SMILES string of the molecule is CC(Cc1ccccc1)n1c(-c2ccncc2)n[nH]c1=S. The standard InChI is InChI=1S/C16H16N4S/c1-12(11-13-5-3-2-4-6-13)20-15(18-19-16(20)21)14-7-9-17-10-8-14/h2-10,12H,11H2,1H3,(H,19,21). The van der Waals surface area contributed by atoms with E-state index < -0.39 is 0 Å². The van der Waals surface area contributed by atoms with Gasteiger partial charge in [0.25, 0.3) is 0 Å². The molecule has 0 fully saturated rings. The Labute approximate surface area is 128 Å².